The smallest absolute Gasteiger partial charge is 0.325 e. The molecule has 1 amide bonds. The number of carbonyl (C=O) groups is 4. The van der Waals surface area contributed by atoms with E-state index in [0.29, 0.717) is 0 Å². The molecule has 1 aromatic carbocycles. The summed E-state index contributed by atoms with van der Waals surface area (Å²) >= 11 is 0. The highest BCUT2D eigenvalue weighted by atomic mass is 16.5. The minimum absolute atomic E-state index is 0.113. The summed E-state index contributed by atoms with van der Waals surface area (Å²) in [6.07, 6.45) is -0.355. The number of methoxy groups -OCH3 is 2. The van der Waals surface area contributed by atoms with Crippen LogP contribution in [0.5, 0.6) is 0 Å². The minimum atomic E-state index is -0.677. The lowest BCUT2D eigenvalue weighted by Gasteiger charge is -2.19. The first kappa shape index (κ1) is 20.1. The molecule has 0 heterocycles. The fraction of sp³-hybridized carbons (Fsp3) is 0.412. The zero-order valence-electron chi connectivity index (χ0n) is 14.2. The Hall–Kier alpha value is -2.90. The van der Waals surface area contributed by atoms with Crippen molar-refractivity contribution in [3.8, 4) is 0 Å². The zero-order valence-corrected chi connectivity index (χ0v) is 14.2. The van der Waals surface area contributed by atoms with Gasteiger partial charge in [-0.2, -0.15) is 0 Å². The number of ether oxygens (including phenoxy) is 3. The van der Waals surface area contributed by atoms with Crippen LogP contribution < -0.4 is 0 Å². The Balaban J connectivity index is 2.47. The van der Waals surface area contributed by atoms with Gasteiger partial charge in [0.05, 0.1) is 20.6 Å². The summed E-state index contributed by atoms with van der Waals surface area (Å²) in [5.41, 5.74) is 0.834. The summed E-state index contributed by atoms with van der Waals surface area (Å²) in [5, 5.41) is 0. The highest BCUT2D eigenvalue weighted by molar-refractivity contribution is 5.87. The Kier molecular flexibility index (Phi) is 8.70. The summed E-state index contributed by atoms with van der Waals surface area (Å²) in [6, 6.07) is 9.12. The third kappa shape index (κ3) is 7.96. The molecule has 0 aliphatic carbocycles. The number of nitrogens with zero attached hydrogens (tertiary/aromatic N) is 1. The van der Waals surface area contributed by atoms with Gasteiger partial charge >= 0.3 is 17.9 Å². The van der Waals surface area contributed by atoms with Gasteiger partial charge in [0, 0.05) is 6.42 Å². The molecule has 1 rings (SSSR count). The number of rotatable bonds is 9. The van der Waals surface area contributed by atoms with Crippen LogP contribution in [0.4, 0.5) is 0 Å². The van der Waals surface area contributed by atoms with Gasteiger partial charge in [-0.3, -0.25) is 19.2 Å². The third-order valence-electron chi connectivity index (χ3n) is 3.23. The van der Waals surface area contributed by atoms with Crippen LogP contribution in [0.3, 0.4) is 0 Å². The van der Waals surface area contributed by atoms with Gasteiger partial charge in [-0.15, -0.1) is 0 Å². The van der Waals surface area contributed by atoms with E-state index in [2.05, 4.69) is 9.47 Å². The number of amides is 1. The molecule has 0 saturated carbocycles. The van der Waals surface area contributed by atoms with E-state index in [0.717, 1.165) is 10.5 Å². The number of carbonyl (C=O) groups excluding carboxylic acids is 4. The van der Waals surface area contributed by atoms with E-state index in [1.807, 2.05) is 30.3 Å². The molecule has 0 atom stereocenters. The Morgan fingerprint density at radius 2 is 1.40 bits per heavy atom. The molecule has 136 valence electrons. The maximum atomic E-state index is 12.1. The van der Waals surface area contributed by atoms with E-state index in [1.54, 1.807) is 0 Å². The van der Waals surface area contributed by atoms with Gasteiger partial charge < -0.3 is 19.1 Å². The van der Waals surface area contributed by atoms with E-state index in [4.69, 9.17) is 4.74 Å². The quantitative estimate of drug-likeness (QED) is 0.476. The zero-order chi connectivity index (χ0) is 18.7. The van der Waals surface area contributed by atoms with Gasteiger partial charge in [0.25, 0.3) is 0 Å². The first-order chi connectivity index (χ1) is 12.0. The average molecular weight is 351 g/mol. The summed E-state index contributed by atoms with van der Waals surface area (Å²) in [6.45, 7) is -0.686. The molecule has 0 unspecified atom stereocenters. The molecule has 0 aliphatic heterocycles. The highest BCUT2D eigenvalue weighted by Crippen LogP contribution is 2.05. The maximum absolute atomic E-state index is 12.1. The van der Waals surface area contributed by atoms with Crippen LogP contribution in [-0.4, -0.2) is 56.0 Å². The van der Waals surface area contributed by atoms with Crippen molar-refractivity contribution >= 4 is 23.8 Å². The number of benzene rings is 1. The van der Waals surface area contributed by atoms with Crippen molar-refractivity contribution in [1.82, 2.24) is 4.90 Å². The Morgan fingerprint density at radius 3 is 1.92 bits per heavy atom. The second-order valence-electron chi connectivity index (χ2n) is 5.05. The molecule has 0 aromatic heterocycles. The molecule has 0 radical (unpaired) electrons. The van der Waals surface area contributed by atoms with Crippen LogP contribution in [0.2, 0.25) is 0 Å². The summed E-state index contributed by atoms with van der Waals surface area (Å²) in [5.74, 6) is -2.45. The maximum Gasteiger partial charge on any atom is 0.325 e. The molecule has 8 heteroatoms. The van der Waals surface area contributed by atoms with E-state index in [1.165, 1.54) is 14.2 Å². The van der Waals surface area contributed by atoms with Gasteiger partial charge in [0.2, 0.25) is 5.91 Å². The van der Waals surface area contributed by atoms with Crippen LogP contribution in [0, 0.1) is 0 Å². The summed E-state index contributed by atoms with van der Waals surface area (Å²) < 4.78 is 14.0. The average Bonchev–Trinajstić information content (AvgIpc) is 2.64. The third-order valence-corrected chi connectivity index (χ3v) is 3.23. The van der Waals surface area contributed by atoms with Crippen molar-refractivity contribution in [1.29, 1.82) is 0 Å². The molecule has 25 heavy (non-hydrogen) atoms. The monoisotopic (exact) mass is 351 g/mol. The molecule has 0 spiro atoms. The lowest BCUT2D eigenvalue weighted by atomic mass is 10.2. The molecule has 0 saturated heterocycles. The van der Waals surface area contributed by atoms with Crippen LogP contribution in [0.15, 0.2) is 30.3 Å². The topological polar surface area (TPSA) is 99.2 Å². The molecule has 0 bridgehead atoms. The highest BCUT2D eigenvalue weighted by Gasteiger charge is 2.21. The van der Waals surface area contributed by atoms with Gasteiger partial charge in [-0.05, 0) is 5.56 Å². The molecule has 0 aliphatic rings. The van der Waals surface area contributed by atoms with Crippen molar-refractivity contribution in [2.24, 2.45) is 0 Å². The van der Waals surface area contributed by atoms with Gasteiger partial charge in [0.1, 0.15) is 19.7 Å². The fourth-order valence-electron chi connectivity index (χ4n) is 1.85. The van der Waals surface area contributed by atoms with E-state index in [-0.39, 0.29) is 19.4 Å². The van der Waals surface area contributed by atoms with Crippen molar-refractivity contribution in [3.63, 3.8) is 0 Å². The first-order valence-corrected chi connectivity index (χ1v) is 7.57. The van der Waals surface area contributed by atoms with Crippen molar-refractivity contribution in [2.45, 2.75) is 19.4 Å². The largest absolute Gasteiger partial charge is 0.468 e. The second-order valence-corrected chi connectivity index (χ2v) is 5.05. The molecule has 0 fully saturated rings. The molecular formula is C17H21NO7. The van der Waals surface area contributed by atoms with Crippen molar-refractivity contribution < 1.29 is 33.4 Å². The van der Waals surface area contributed by atoms with Crippen molar-refractivity contribution in [3.05, 3.63) is 35.9 Å². The normalized spacial score (nSPS) is 9.84. The summed E-state index contributed by atoms with van der Waals surface area (Å²) in [7, 11) is 2.34. The fourth-order valence-corrected chi connectivity index (χ4v) is 1.85. The number of hydrogen-bond acceptors (Lipinski definition) is 7. The van der Waals surface area contributed by atoms with Crippen LogP contribution >= 0.6 is 0 Å². The molecule has 8 nitrogen and oxygen atoms in total. The Labute approximate surface area is 145 Å². The second kappa shape index (κ2) is 10.8. The van der Waals surface area contributed by atoms with Crippen LogP contribution in [-0.2, 0) is 40.0 Å². The standard InChI is InChI=1S/C17H21NO7/c1-23-16(21)10-18(11-17(22)24-2)14(19)8-9-15(20)25-12-13-6-4-3-5-7-13/h3-7H,8-12H2,1-2H3. The SMILES string of the molecule is COC(=O)CN(CC(=O)OC)C(=O)CCC(=O)OCc1ccccc1. The Bertz CT molecular complexity index is 582. The Morgan fingerprint density at radius 1 is 0.840 bits per heavy atom. The van der Waals surface area contributed by atoms with Gasteiger partial charge in [-0.25, -0.2) is 0 Å². The van der Waals surface area contributed by atoms with Gasteiger partial charge in [-0.1, -0.05) is 30.3 Å². The van der Waals surface area contributed by atoms with E-state index in [9.17, 15) is 19.2 Å². The predicted octanol–water partition coefficient (Wildman–Crippen LogP) is 0.685. The van der Waals surface area contributed by atoms with E-state index < -0.39 is 36.9 Å². The van der Waals surface area contributed by atoms with Crippen LogP contribution in [0.25, 0.3) is 0 Å². The lowest BCUT2D eigenvalue weighted by molar-refractivity contribution is -0.153. The predicted molar refractivity (Wildman–Crippen MR) is 86.1 cm³/mol. The summed E-state index contributed by atoms with van der Waals surface area (Å²) in [4.78, 5) is 47.5. The number of hydrogen-bond donors (Lipinski definition) is 0. The molecule has 1 aromatic rings. The first-order valence-electron chi connectivity index (χ1n) is 7.57. The van der Waals surface area contributed by atoms with Crippen molar-refractivity contribution in [2.75, 3.05) is 27.3 Å². The van der Waals surface area contributed by atoms with Gasteiger partial charge in [0.15, 0.2) is 0 Å². The number of esters is 3. The lowest BCUT2D eigenvalue weighted by Crippen LogP contribution is -2.40. The molecule has 0 N–H and O–H groups in total. The van der Waals surface area contributed by atoms with Crippen LogP contribution in [0.1, 0.15) is 18.4 Å². The molecular weight excluding hydrogens is 330 g/mol. The minimum Gasteiger partial charge on any atom is -0.468 e. The van der Waals surface area contributed by atoms with E-state index >= 15 is 0 Å².